The molecule has 0 heterocycles. The van der Waals surface area contributed by atoms with Crippen molar-refractivity contribution in [2.75, 3.05) is 5.75 Å². The van der Waals surface area contributed by atoms with Crippen LogP contribution in [-0.4, -0.2) is 19.4 Å². The summed E-state index contributed by atoms with van der Waals surface area (Å²) >= 11 is 0. The van der Waals surface area contributed by atoms with Crippen molar-refractivity contribution < 1.29 is 17.2 Å². The van der Waals surface area contributed by atoms with E-state index < -0.39 is 21.5 Å². The van der Waals surface area contributed by atoms with Crippen molar-refractivity contribution in [2.24, 2.45) is 11.8 Å². The average molecular weight is 344 g/mol. The first-order valence-electron chi connectivity index (χ1n) is 8.43. The molecule has 1 aromatic rings. The Morgan fingerprint density at radius 3 is 2.22 bits per heavy atom. The predicted molar refractivity (Wildman–Crippen MR) is 89.0 cm³/mol. The predicted octanol–water partition coefficient (Wildman–Crippen LogP) is 4.53. The molecule has 1 aliphatic rings. The van der Waals surface area contributed by atoms with E-state index in [0.29, 0.717) is 11.7 Å². The molecule has 0 unspecified atom stereocenters. The summed E-state index contributed by atoms with van der Waals surface area (Å²) in [5, 5.41) is -0.298. The third kappa shape index (κ3) is 5.27. The number of sulfone groups is 1. The Hall–Kier alpha value is -0.970. The lowest BCUT2D eigenvalue weighted by atomic mass is 9.80. The molecular formula is C18H26F2O2S. The van der Waals surface area contributed by atoms with E-state index in [1.807, 2.05) is 0 Å². The number of hydrogen-bond acceptors (Lipinski definition) is 2. The fourth-order valence-corrected chi connectivity index (χ4v) is 4.65. The number of halogens is 2. The van der Waals surface area contributed by atoms with Crippen molar-refractivity contribution in [1.82, 2.24) is 0 Å². The molecule has 0 N–H and O–H groups in total. The van der Waals surface area contributed by atoms with Crippen molar-refractivity contribution in [3.63, 3.8) is 0 Å². The SMILES string of the molecule is CC(C)S(=O)(=O)CC1CCC(CCc2ccc(F)c(F)c2)CC1. The Kier molecular flexibility index (Phi) is 6.18. The van der Waals surface area contributed by atoms with Gasteiger partial charge in [0.05, 0.1) is 11.0 Å². The molecule has 2 rings (SSSR count). The van der Waals surface area contributed by atoms with Crippen molar-refractivity contribution >= 4 is 9.84 Å². The van der Waals surface area contributed by atoms with Crippen LogP contribution in [-0.2, 0) is 16.3 Å². The van der Waals surface area contributed by atoms with Crippen LogP contribution in [0.1, 0.15) is 51.5 Å². The summed E-state index contributed by atoms with van der Waals surface area (Å²) < 4.78 is 50.1. The van der Waals surface area contributed by atoms with Gasteiger partial charge in [-0.25, -0.2) is 17.2 Å². The Bertz CT molecular complexity index is 618. The third-order valence-electron chi connectivity index (χ3n) is 4.98. The zero-order valence-corrected chi connectivity index (χ0v) is 14.7. The van der Waals surface area contributed by atoms with E-state index in [2.05, 4.69) is 0 Å². The topological polar surface area (TPSA) is 34.1 Å². The van der Waals surface area contributed by atoms with E-state index in [9.17, 15) is 17.2 Å². The minimum Gasteiger partial charge on any atom is -0.229 e. The Morgan fingerprint density at radius 2 is 1.65 bits per heavy atom. The first kappa shape index (κ1) is 18.4. The molecule has 0 bridgehead atoms. The monoisotopic (exact) mass is 344 g/mol. The van der Waals surface area contributed by atoms with Crippen LogP contribution in [0.3, 0.4) is 0 Å². The van der Waals surface area contributed by atoms with Crippen LogP contribution >= 0.6 is 0 Å². The molecule has 0 spiro atoms. The van der Waals surface area contributed by atoms with E-state index >= 15 is 0 Å². The molecule has 1 saturated carbocycles. The maximum Gasteiger partial charge on any atom is 0.159 e. The first-order chi connectivity index (χ1) is 10.8. The van der Waals surface area contributed by atoms with Crippen LogP contribution in [0, 0.1) is 23.5 Å². The summed E-state index contributed by atoms with van der Waals surface area (Å²) in [6.07, 6.45) is 5.66. The van der Waals surface area contributed by atoms with Crippen molar-refractivity contribution in [3.05, 3.63) is 35.4 Å². The normalized spacial score (nSPS) is 22.5. The number of benzene rings is 1. The third-order valence-corrected chi connectivity index (χ3v) is 7.35. The second kappa shape index (κ2) is 7.73. The Morgan fingerprint density at radius 1 is 1.04 bits per heavy atom. The van der Waals surface area contributed by atoms with Gasteiger partial charge in [0.15, 0.2) is 21.5 Å². The van der Waals surface area contributed by atoms with Crippen LogP contribution in [0.25, 0.3) is 0 Å². The molecule has 1 aromatic carbocycles. The van der Waals surface area contributed by atoms with E-state index in [1.54, 1.807) is 19.9 Å². The van der Waals surface area contributed by atoms with E-state index in [4.69, 9.17) is 0 Å². The van der Waals surface area contributed by atoms with Crippen LogP contribution in [0.15, 0.2) is 18.2 Å². The highest BCUT2D eigenvalue weighted by atomic mass is 32.2. The van der Waals surface area contributed by atoms with Gasteiger partial charge < -0.3 is 0 Å². The summed E-state index contributed by atoms with van der Waals surface area (Å²) in [6.45, 7) is 3.48. The van der Waals surface area contributed by atoms with Gasteiger partial charge in [-0.1, -0.05) is 18.9 Å². The molecule has 0 radical (unpaired) electrons. The molecule has 5 heteroatoms. The highest BCUT2D eigenvalue weighted by Crippen LogP contribution is 2.33. The molecule has 130 valence electrons. The summed E-state index contributed by atoms with van der Waals surface area (Å²) in [4.78, 5) is 0. The average Bonchev–Trinajstić information content (AvgIpc) is 2.49. The van der Waals surface area contributed by atoms with Gasteiger partial charge in [-0.05, 0) is 69.1 Å². The smallest absolute Gasteiger partial charge is 0.159 e. The van der Waals surface area contributed by atoms with Gasteiger partial charge in [-0.15, -0.1) is 0 Å². The summed E-state index contributed by atoms with van der Waals surface area (Å²) in [5.74, 6) is -0.450. The summed E-state index contributed by atoms with van der Waals surface area (Å²) in [5.41, 5.74) is 0.827. The van der Waals surface area contributed by atoms with Crippen molar-refractivity contribution in [3.8, 4) is 0 Å². The van der Waals surface area contributed by atoms with Gasteiger partial charge in [0, 0.05) is 0 Å². The fourth-order valence-electron chi connectivity index (χ4n) is 3.27. The standard InChI is InChI=1S/C18H26F2O2S/c1-13(2)23(21,22)12-16-7-4-14(5-8-16)3-6-15-9-10-17(19)18(20)11-15/h9-11,13-14,16H,3-8,12H2,1-2H3. The van der Waals surface area contributed by atoms with E-state index in [1.165, 1.54) is 12.1 Å². The van der Waals surface area contributed by atoms with Crippen molar-refractivity contribution in [2.45, 2.75) is 57.6 Å². The lowest BCUT2D eigenvalue weighted by molar-refractivity contribution is 0.278. The lowest BCUT2D eigenvalue weighted by Crippen LogP contribution is -2.26. The molecule has 0 aromatic heterocycles. The fraction of sp³-hybridized carbons (Fsp3) is 0.667. The second-order valence-corrected chi connectivity index (χ2v) is 9.65. The van der Waals surface area contributed by atoms with Crippen LogP contribution < -0.4 is 0 Å². The lowest BCUT2D eigenvalue weighted by Gasteiger charge is -2.28. The minimum absolute atomic E-state index is 0.280. The number of hydrogen-bond donors (Lipinski definition) is 0. The summed E-state index contributed by atoms with van der Waals surface area (Å²) in [7, 11) is -2.96. The van der Waals surface area contributed by atoms with Gasteiger partial charge in [-0.2, -0.15) is 0 Å². The Labute approximate surface area is 138 Å². The summed E-state index contributed by atoms with van der Waals surface area (Å²) in [6, 6.07) is 4.09. The zero-order valence-electron chi connectivity index (χ0n) is 13.9. The molecule has 0 atom stereocenters. The maximum atomic E-state index is 13.2. The van der Waals surface area contributed by atoms with Crippen molar-refractivity contribution in [1.29, 1.82) is 0 Å². The number of aryl methyl sites for hydroxylation is 1. The molecular weight excluding hydrogens is 318 g/mol. The van der Waals surface area contributed by atoms with Crippen LogP contribution in [0.4, 0.5) is 8.78 Å². The van der Waals surface area contributed by atoms with E-state index in [0.717, 1.165) is 44.1 Å². The Balaban J connectivity index is 1.77. The maximum absolute atomic E-state index is 13.2. The minimum atomic E-state index is -2.96. The van der Waals surface area contributed by atoms with Crippen LogP contribution in [0.2, 0.25) is 0 Å². The van der Waals surface area contributed by atoms with Gasteiger partial charge in [0.2, 0.25) is 0 Å². The van der Waals surface area contributed by atoms with Gasteiger partial charge in [-0.3, -0.25) is 0 Å². The molecule has 0 aliphatic heterocycles. The largest absolute Gasteiger partial charge is 0.229 e. The molecule has 2 nitrogen and oxygen atoms in total. The highest BCUT2D eigenvalue weighted by molar-refractivity contribution is 7.91. The first-order valence-corrected chi connectivity index (χ1v) is 10.1. The zero-order chi connectivity index (χ0) is 17.0. The van der Waals surface area contributed by atoms with Gasteiger partial charge >= 0.3 is 0 Å². The highest BCUT2D eigenvalue weighted by Gasteiger charge is 2.27. The van der Waals surface area contributed by atoms with E-state index in [-0.39, 0.29) is 11.2 Å². The van der Waals surface area contributed by atoms with Gasteiger partial charge in [0.1, 0.15) is 0 Å². The quantitative estimate of drug-likeness (QED) is 0.760. The van der Waals surface area contributed by atoms with Crippen LogP contribution in [0.5, 0.6) is 0 Å². The molecule has 23 heavy (non-hydrogen) atoms. The molecule has 1 fully saturated rings. The van der Waals surface area contributed by atoms with Gasteiger partial charge in [0.25, 0.3) is 0 Å². The molecule has 1 aliphatic carbocycles. The second-order valence-electron chi connectivity index (χ2n) is 7.05. The number of rotatable bonds is 6. The molecule has 0 saturated heterocycles. The molecule has 0 amide bonds.